The molecule has 176 valence electrons. The van der Waals surface area contributed by atoms with Gasteiger partial charge in [0.1, 0.15) is 11.8 Å². The molecule has 0 radical (unpaired) electrons. The number of aliphatic hydroxyl groups excluding tert-OH is 1. The molecule has 4 rings (SSSR count). The van der Waals surface area contributed by atoms with Gasteiger partial charge >= 0.3 is 0 Å². The lowest BCUT2D eigenvalue weighted by atomic mass is 9.94. The summed E-state index contributed by atoms with van der Waals surface area (Å²) < 4.78 is 5.45. The zero-order valence-electron chi connectivity index (χ0n) is 18.8. The van der Waals surface area contributed by atoms with E-state index in [-0.39, 0.29) is 16.8 Å². The second-order valence-corrected chi connectivity index (χ2v) is 7.69. The van der Waals surface area contributed by atoms with E-state index in [0.29, 0.717) is 18.0 Å². The van der Waals surface area contributed by atoms with Crippen molar-refractivity contribution in [1.82, 2.24) is 0 Å². The van der Waals surface area contributed by atoms with Gasteiger partial charge in [-0.2, -0.15) is 0 Å². The molecule has 8 nitrogen and oxygen atoms in total. The lowest BCUT2D eigenvalue weighted by Gasteiger charge is -2.26. The molecule has 0 saturated carbocycles. The molecule has 0 aromatic heterocycles. The number of nitro benzene ring substituents is 1. The Morgan fingerprint density at radius 3 is 2.37 bits per heavy atom. The van der Waals surface area contributed by atoms with E-state index < -0.39 is 28.4 Å². The van der Waals surface area contributed by atoms with Crippen molar-refractivity contribution >= 4 is 29.1 Å². The second-order valence-electron chi connectivity index (χ2n) is 7.69. The monoisotopic (exact) mass is 470 g/mol. The smallest absolute Gasteiger partial charge is 0.294 e. The minimum Gasteiger partial charge on any atom is -0.503 e. The van der Waals surface area contributed by atoms with E-state index in [1.54, 1.807) is 48.5 Å². The maximum atomic E-state index is 13.3. The number of ether oxygens (including phenoxy) is 1. The molecule has 1 amide bonds. The van der Waals surface area contributed by atoms with Crippen LogP contribution in [0.4, 0.5) is 11.4 Å². The van der Waals surface area contributed by atoms with E-state index in [4.69, 9.17) is 4.74 Å². The van der Waals surface area contributed by atoms with Gasteiger partial charge in [0, 0.05) is 11.8 Å². The number of anilines is 1. The van der Waals surface area contributed by atoms with E-state index in [1.165, 1.54) is 29.2 Å². The Morgan fingerprint density at radius 2 is 1.71 bits per heavy atom. The van der Waals surface area contributed by atoms with Crippen LogP contribution in [-0.4, -0.2) is 28.3 Å². The first-order valence-corrected chi connectivity index (χ1v) is 10.9. The third kappa shape index (κ3) is 4.67. The molecule has 8 heteroatoms. The van der Waals surface area contributed by atoms with Crippen LogP contribution in [0.3, 0.4) is 0 Å². The van der Waals surface area contributed by atoms with Gasteiger partial charge < -0.3 is 9.84 Å². The zero-order valence-corrected chi connectivity index (χ0v) is 18.8. The van der Waals surface area contributed by atoms with Crippen LogP contribution in [-0.2, 0) is 9.59 Å². The fourth-order valence-corrected chi connectivity index (χ4v) is 4.00. The summed E-state index contributed by atoms with van der Waals surface area (Å²) in [6.07, 6.45) is 2.81. The standard InChI is InChI=1S/C27H22N2O6/c1-2-35-20-15-13-19(14-16-20)28-25(21-10-6-7-11-22(21)29(33)34)24(26(31)27(28)32)23(30)17-12-18-8-4-3-5-9-18/h3-17,25,31H,2H2,1H3/b17-12+/t25-/m1/s1. The Morgan fingerprint density at radius 1 is 1.06 bits per heavy atom. The summed E-state index contributed by atoms with van der Waals surface area (Å²) in [7, 11) is 0. The Bertz CT molecular complexity index is 1330. The average Bonchev–Trinajstić information content (AvgIpc) is 3.14. The SMILES string of the molecule is CCOc1ccc(N2C(=O)C(O)=C(C(=O)/C=C/c3ccccc3)[C@H]2c2ccccc2[N+](=O)[O-])cc1. The van der Waals surface area contributed by atoms with Crippen molar-refractivity contribution in [1.29, 1.82) is 0 Å². The molecule has 35 heavy (non-hydrogen) atoms. The molecule has 0 bridgehead atoms. The number of rotatable bonds is 8. The topological polar surface area (TPSA) is 110 Å². The summed E-state index contributed by atoms with van der Waals surface area (Å²) in [4.78, 5) is 38.9. The Kier molecular flexibility index (Phi) is 6.73. The van der Waals surface area contributed by atoms with E-state index in [1.807, 2.05) is 25.1 Å². The molecular weight excluding hydrogens is 448 g/mol. The van der Waals surface area contributed by atoms with Crippen molar-refractivity contribution in [2.45, 2.75) is 13.0 Å². The van der Waals surface area contributed by atoms with Crippen molar-refractivity contribution in [2.24, 2.45) is 0 Å². The molecule has 1 aliphatic heterocycles. The Balaban J connectivity index is 1.82. The highest BCUT2D eigenvalue weighted by Crippen LogP contribution is 2.44. The molecule has 1 heterocycles. The van der Waals surface area contributed by atoms with Gasteiger partial charge in [0.2, 0.25) is 0 Å². The van der Waals surface area contributed by atoms with Crippen LogP contribution in [0.25, 0.3) is 6.08 Å². The molecule has 3 aromatic carbocycles. The van der Waals surface area contributed by atoms with Crippen molar-refractivity contribution in [3.63, 3.8) is 0 Å². The third-order valence-corrected chi connectivity index (χ3v) is 5.55. The lowest BCUT2D eigenvalue weighted by Crippen LogP contribution is -2.31. The molecule has 0 aliphatic carbocycles. The first-order valence-electron chi connectivity index (χ1n) is 10.9. The van der Waals surface area contributed by atoms with Gasteiger partial charge in [-0.05, 0) is 48.9 Å². The molecule has 0 saturated heterocycles. The van der Waals surface area contributed by atoms with Gasteiger partial charge in [-0.15, -0.1) is 0 Å². The van der Waals surface area contributed by atoms with E-state index in [2.05, 4.69) is 0 Å². The van der Waals surface area contributed by atoms with E-state index >= 15 is 0 Å². The van der Waals surface area contributed by atoms with Crippen molar-refractivity contribution in [3.05, 3.63) is 118 Å². The number of hydrogen-bond donors (Lipinski definition) is 1. The number of benzene rings is 3. The van der Waals surface area contributed by atoms with Gasteiger partial charge in [0.25, 0.3) is 11.6 Å². The summed E-state index contributed by atoms with van der Waals surface area (Å²) in [6, 6.07) is 20.2. The molecule has 0 unspecified atom stereocenters. The number of carbonyl (C=O) groups is 2. The highest BCUT2D eigenvalue weighted by molar-refractivity contribution is 6.20. The summed E-state index contributed by atoms with van der Waals surface area (Å²) >= 11 is 0. The van der Waals surface area contributed by atoms with Crippen LogP contribution in [0.1, 0.15) is 24.1 Å². The summed E-state index contributed by atoms with van der Waals surface area (Å²) in [5.74, 6) is -1.63. The summed E-state index contributed by atoms with van der Waals surface area (Å²) in [5.41, 5.74) is 0.706. The predicted octanol–water partition coefficient (Wildman–Crippen LogP) is 5.18. The van der Waals surface area contributed by atoms with Gasteiger partial charge in [-0.25, -0.2) is 0 Å². The number of hydrogen-bond acceptors (Lipinski definition) is 6. The van der Waals surface area contributed by atoms with Crippen molar-refractivity contribution < 1.29 is 24.4 Å². The number of allylic oxidation sites excluding steroid dienone is 1. The third-order valence-electron chi connectivity index (χ3n) is 5.55. The minimum absolute atomic E-state index is 0.111. The Hall–Kier alpha value is -4.72. The molecule has 0 fully saturated rings. The fraction of sp³-hybridized carbons (Fsp3) is 0.111. The van der Waals surface area contributed by atoms with Gasteiger partial charge in [0.15, 0.2) is 11.5 Å². The predicted molar refractivity (Wildman–Crippen MR) is 131 cm³/mol. The maximum Gasteiger partial charge on any atom is 0.294 e. The molecular formula is C27H22N2O6. The number of carbonyl (C=O) groups excluding carboxylic acids is 2. The van der Waals surface area contributed by atoms with Gasteiger partial charge in [-0.3, -0.25) is 24.6 Å². The first kappa shape index (κ1) is 23.4. The van der Waals surface area contributed by atoms with Gasteiger partial charge in [-0.1, -0.05) is 48.5 Å². The number of amides is 1. The van der Waals surface area contributed by atoms with Crippen molar-refractivity contribution in [3.8, 4) is 5.75 Å². The number of aliphatic hydroxyl groups is 1. The average molecular weight is 470 g/mol. The molecule has 1 atom stereocenters. The van der Waals surface area contributed by atoms with Crippen molar-refractivity contribution in [2.75, 3.05) is 11.5 Å². The van der Waals surface area contributed by atoms with E-state index in [0.717, 1.165) is 5.56 Å². The Labute approximate surface area is 201 Å². The minimum atomic E-state index is -1.20. The summed E-state index contributed by atoms with van der Waals surface area (Å²) in [6.45, 7) is 2.29. The number of para-hydroxylation sites is 1. The first-order chi connectivity index (χ1) is 16.9. The highest BCUT2D eigenvalue weighted by atomic mass is 16.6. The molecule has 0 spiro atoms. The van der Waals surface area contributed by atoms with Crippen LogP contribution in [0.2, 0.25) is 0 Å². The van der Waals surface area contributed by atoms with Crippen LogP contribution in [0.5, 0.6) is 5.75 Å². The molecule has 1 aliphatic rings. The second kappa shape index (κ2) is 10.0. The number of nitrogens with zero attached hydrogens (tertiary/aromatic N) is 2. The number of nitro groups is 1. The molecule has 3 aromatic rings. The quantitative estimate of drug-likeness (QED) is 0.276. The maximum absolute atomic E-state index is 13.3. The van der Waals surface area contributed by atoms with Crippen LogP contribution >= 0.6 is 0 Å². The molecule has 1 N–H and O–H groups in total. The normalized spacial score (nSPS) is 15.6. The van der Waals surface area contributed by atoms with Crippen LogP contribution < -0.4 is 9.64 Å². The van der Waals surface area contributed by atoms with Gasteiger partial charge in [0.05, 0.1) is 22.7 Å². The largest absolute Gasteiger partial charge is 0.503 e. The fourth-order valence-electron chi connectivity index (χ4n) is 4.00. The highest BCUT2D eigenvalue weighted by Gasteiger charge is 2.46. The number of ketones is 1. The van der Waals surface area contributed by atoms with Crippen LogP contribution in [0.15, 0.2) is 96.3 Å². The van der Waals surface area contributed by atoms with E-state index in [9.17, 15) is 24.8 Å². The van der Waals surface area contributed by atoms with Crippen LogP contribution in [0, 0.1) is 10.1 Å². The lowest BCUT2D eigenvalue weighted by molar-refractivity contribution is -0.385. The summed E-state index contributed by atoms with van der Waals surface area (Å²) in [5, 5.41) is 22.6. The zero-order chi connectivity index (χ0) is 24.9.